The molecule has 7 nitrogen and oxygen atoms in total. The largest absolute Gasteiger partial charge is 0.493 e. The number of nitrogens with zero attached hydrogens (tertiary/aromatic N) is 3. The Balaban J connectivity index is 1.68. The van der Waals surface area contributed by atoms with E-state index < -0.39 is 0 Å². The van der Waals surface area contributed by atoms with Crippen molar-refractivity contribution in [3.05, 3.63) is 44.9 Å². The zero-order valence-corrected chi connectivity index (χ0v) is 15.5. The molecule has 1 N–H and O–H groups in total. The van der Waals surface area contributed by atoms with Crippen molar-refractivity contribution in [2.45, 2.75) is 13.3 Å². The Morgan fingerprint density at radius 3 is 2.68 bits per heavy atom. The molecule has 130 valence electrons. The Morgan fingerprint density at radius 1 is 1.20 bits per heavy atom. The normalized spacial score (nSPS) is 10.5. The predicted octanol–water partition coefficient (Wildman–Crippen LogP) is 3.16. The molecule has 0 radical (unpaired) electrons. The topological polar surface area (TPSA) is 86.2 Å². The molecule has 0 bridgehead atoms. The van der Waals surface area contributed by atoms with Crippen molar-refractivity contribution in [2.75, 3.05) is 19.5 Å². The standard InChI is InChI=1S/C16H16N4O3S2/c1-9-17-11(8-24-9)15(21)18-16-20-19-14(25-16)7-10-4-5-12(22-2)13(6-10)23-3/h4-6,8H,7H2,1-3H3,(H,18,20,21). The highest BCUT2D eigenvalue weighted by molar-refractivity contribution is 7.15. The fourth-order valence-electron chi connectivity index (χ4n) is 2.17. The lowest BCUT2D eigenvalue weighted by atomic mass is 10.1. The molecule has 0 fully saturated rings. The van der Waals surface area contributed by atoms with Crippen molar-refractivity contribution in [1.82, 2.24) is 15.2 Å². The summed E-state index contributed by atoms with van der Waals surface area (Å²) in [6.07, 6.45) is 0.587. The number of aromatic nitrogens is 3. The highest BCUT2D eigenvalue weighted by Crippen LogP contribution is 2.29. The van der Waals surface area contributed by atoms with E-state index in [0.29, 0.717) is 28.7 Å². The minimum absolute atomic E-state index is 0.279. The zero-order valence-electron chi connectivity index (χ0n) is 13.9. The van der Waals surface area contributed by atoms with Gasteiger partial charge in [-0.1, -0.05) is 17.4 Å². The van der Waals surface area contributed by atoms with Crippen molar-refractivity contribution < 1.29 is 14.3 Å². The summed E-state index contributed by atoms with van der Waals surface area (Å²) in [7, 11) is 3.20. The van der Waals surface area contributed by atoms with Crippen LogP contribution in [0.5, 0.6) is 11.5 Å². The van der Waals surface area contributed by atoms with Crippen molar-refractivity contribution in [3.8, 4) is 11.5 Å². The number of hydrogen-bond acceptors (Lipinski definition) is 8. The van der Waals surface area contributed by atoms with E-state index in [1.165, 1.54) is 22.7 Å². The first-order valence-electron chi connectivity index (χ1n) is 7.36. The summed E-state index contributed by atoms with van der Waals surface area (Å²) in [6, 6.07) is 5.69. The van der Waals surface area contributed by atoms with Gasteiger partial charge in [0.15, 0.2) is 11.5 Å². The molecule has 25 heavy (non-hydrogen) atoms. The summed E-state index contributed by atoms with van der Waals surface area (Å²) in [6.45, 7) is 1.85. The van der Waals surface area contributed by atoms with Crippen molar-refractivity contribution in [1.29, 1.82) is 0 Å². The Kier molecular flexibility index (Phi) is 5.25. The summed E-state index contributed by atoms with van der Waals surface area (Å²) in [4.78, 5) is 16.2. The molecule has 0 aliphatic rings. The number of ether oxygens (including phenoxy) is 2. The third-order valence-corrected chi connectivity index (χ3v) is 4.95. The lowest BCUT2D eigenvalue weighted by molar-refractivity contribution is 0.102. The number of benzene rings is 1. The molecule has 0 unspecified atom stereocenters. The molecule has 0 atom stereocenters. The van der Waals surface area contributed by atoms with E-state index in [0.717, 1.165) is 15.6 Å². The number of carbonyl (C=O) groups is 1. The van der Waals surface area contributed by atoms with Crippen LogP contribution < -0.4 is 14.8 Å². The van der Waals surface area contributed by atoms with Gasteiger partial charge in [-0.25, -0.2) is 4.98 Å². The second-order valence-electron chi connectivity index (χ2n) is 5.07. The minimum Gasteiger partial charge on any atom is -0.493 e. The molecule has 9 heteroatoms. The summed E-state index contributed by atoms with van der Waals surface area (Å²) < 4.78 is 10.5. The van der Waals surface area contributed by atoms with Crippen LogP contribution in [-0.2, 0) is 6.42 Å². The molecular formula is C16H16N4O3S2. The third kappa shape index (κ3) is 4.12. The van der Waals surface area contributed by atoms with E-state index >= 15 is 0 Å². The zero-order chi connectivity index (χ0) is 17.8. The number of nitrogens with one attached hydrogen (secondary N) is 1. The number of aryl methyl sites for hydroxylation is 1. The van der Waals surface area contributed by atoms with Crippen LogP contribution in [0.4, 0.5) is 5.13 Å². The number of methoxy groups -OCH3 is 2. The first-order valence-corrected chi connectivity index (χ1v) is 9.05. The van der Waals surface area contributed by atoms with Gasteiger partial charge in [-0.2, -0.15) is 0 Å². The molecule has 0 saturated carbocycles. The number of anilines is 1. The van der Waals surface area contributed by atoms with Crippen LogP contribution in [0.3, 0.4) is 0 Å². The van der Waals surface area contributed by atoms with Gasteiger partial charge in [0, 0.05) is 11.8 Å². The molecule has 0 aliphatic heterocycles. The van der Waals surface area contributed by atoms with E-state index in [4.69, 9.17) is 9.47 Å². The van der Waals surface area contributed by atoms with Gasteiger partial charge in [-0.05, 0) is 24.6 Å². The molecule has 1 amide bonds. The van der Waals surface area contributed by atoms with Gasteiger partial charge < -0.3 is 9.47 Å². The van der Waals surface area contributed by atoms with E-state index in [-0.39, 0.29) is 5.91 Å². The smallest absolute Gasteiger partial charge is 0.276 e. The van der Waals surface area contributed by atoms with E-state index in [1.54, 1.807) is 19.6 Å². The summed E-state index contributed by atoms with van der Waals surface area (Å²) in [5.41, 5.74) is 1.40. The molecular weight excluding hydrogens is 360 g/mol. The Hall–Kier alpha value is -2.52. The fourth-order valence-corrected chi connectivity index (χ4v) is 3.53. The number of amides is 1. The first-order chi connectivity index (χ1) is 12.1. The van der Waals surface area contributed by atoms with Crippen LogP contribution in [0.2, 0.25) is 0 Å². The van der Waals surface area contributed by atoms with Crippen molar-refractivity contribution in [3.63, 3.8) is 0 Å². The molecule has 2 heterocycles. The molecule has 1 aromatic carbocycles. The highest BCUT2D eigenvalue weighted by Gasteiger charge is 2.13. The lowest BCUT2D eigenvalue weighted by Gasteiger charge is -2.08. The molecule has 0 saturated heterocycles. The van der Waals surface area contributed by atoms with Crippen molar-refractivity contribution in [2.24, 2.45) is 0 Å². The van der Waals surface area contributed by atoms with Gasteiger partial charge in [0.25, 0.3) is 5.91 Å². The van der Waals surface area contributed by atoms with Gasteiger partial charge in [-0.3, -0.25) is 10.1 Å². The fraction of sp³-hybridized carbons (Fsp3) is 0.250. The van der Waals surface area contributed by atoms with Gasteiger partial charge in [0.2, 0.25) is 5.13 Å². The first kappa shape index (κ1) is 17.3. The number of thiazole rings is 1. The highest BCUT2D eigenvalue weighted by atomic mass is 32.1. The van der Waals surface area contributed by atoms with E-state index in [9.17, 15) is 4.79 Å². The lowest BCUT2D eigenvalue weighted by Crippen LogP contribution is -2.12. The van der Waals surface area contributed by atoms with Crippen LogP contribution in [0.1, 0.15) is 26.1 Å². The summed E-state index contributed by atoms with van der Waals surface area (Å²) >= 11 is 2.76. The predicted molar refractivity (Wildman–Crippen MR) is 97.1 cm³/mol. The molecule has 0 aliphatic carbocycles. The minimum atomic E-state index is -0.279. The van der Waals surface area contributed by atoms with Crippen LogP contribution in [0, 0.1) is 6.92 Å². The third-order valence-electron chi connectivity index (χ3n) is 3.34. The molecule has 3 aromatic rings. The maximum Gasteiger partial charge on any atom is 0.276 e. The van der Waals surface area contributed by atoms with Gasteiger partial charge in [-0.15, -0.1) is 21.5 Å². The number of rotatable bonds is 6. The van der Waals surface area contributed by atoms with E-state index in [2.05, 4.69) is 20.5 Å². The van der Waals surface area contributed by atoms with Crippen LogP contribution >= 0.6 is 22.7 Å². The average Bonchev–Trinajstić information content (AvgIpc) is 3.23. The second kappa shape index (κ2) is 7.58. The number of carbonyl (C=O) groups excluding carboxylic acids is 1. The summed E-state index contributed by atoms with van der Waals surface area (Å²) in [5.74, 6) is 1.06. The Morgan fingerprint density at radius 2 is 2.00 bits per heavy atom. The Bertz CT molecular complexity index is 891. The molecule has 0 spiro atoms. The second-order valence-corrected chi connectivity index (χ2v) is 7.20. The maximum absolute atomic E-state index is 12.1. The van der Waals surface area contributed by atoms with Gasteiger partial charge >= 0.3 is 0 Å². The number of hydrogen-bond donors (Lipinski definition) is 1. The van der Waals surface area contributed by atoms with Crippen molar-refractivity contribution >= 4 is 33.7 Å². The van der Waals surface area contributed by atoms with Gasteiger partial charge in [0.1, 0.15) is 10.7 Å². The van der Waals surface area contributed by atoms with Crippen LogP contribution in [-0.4, -0.2) is 35.3 Å². The molecule has 2 aromatic heterocycles. The van der Waals surface area contributed by atoms with E-state index in [1.807, 2.05) is 25.1 Å². The molecule has 3 rings (SSSR count). The maximum atomic E-state index is 12.1. The van der Waals surface area contributed by atoms with Crippen LogP contribution in [0.15, 0.2) is 23.6 Å². The monoisotopic (exact) mass is 376 g/mol. The van der Waals surface area contributed by atoms with Crippen LogP contribution in [0.25, 0.3) is 0 Å². The average molecular weight is 376 g/mol. The Labute approximate surface area is 152 Å². The quantitative estimate of drug-likeness (QED) is 0.711. The van der Waals surface area contributed by atoms with Gasteiger partial charge in [0.05, 0.1) is 19.2 Å². The SMILES string of the molecule is COc1ccc(Cc2nnc(NC(=O)c3csc(C)n3)s2)cc1OC. The summed E-state index contributed by atoms with van der Waals surface area (Å²) in [5, 5.41) is 14.7.